The lowest BCUT2D eigenvalue weighted by Gasteiger charge is -2.32. The zero-order chi connectivity index (χ0) is 22.9. The number of amides is 1. The Bertz CT molecular complexity index is 1200. The number of pyridine rings is 1. The first kappa shape index (κ1) is 22.0. The first-order valence-corrected chi connectivity index (χ1v) is 12.1. The maximum Gasteiger partial charge on any atom is 0.264 e. The van der Waals surface area contributed by atoms with Gasteiger partial charge in [-0.15, -0.1) is 11.3 Å². The van der Waals surface area contributed by atoms with Gasteiger partial charge in [-0.2, -0.15) is 0 Å². The van der Waals surface area contributed by atoms with Crippen LogP contribution in [0.2, 0.25) is 0 Å². The number of ketones is 1. The molecule has 0 unspecified atom stereocenters. The number of hydrogen-bond donors (Lipinski definition) is 0. The largest absolute Gasteiger partial charge is 0.453 e. The molecule has 1 amide bonds. The standard InChI is InChI=1S/C25H26FN3O3S/c1-28-8-10-29(11-9-28)25(31)23-15-20-24(33-23)22(6-7-27-20)32-21-5-4-17(14-19(21)26)13-18(30)12-16-2-3-16/h4-7,14-16H,2-3,8-13H2,1H3. The van der Waals surface area contributed by atoms with Crippen molar-refractivity contribution in [2.45, 2.75) is 25.7 Å². The SMILES string of the molecule is CN1CCN(C(=O)c2cc3nccc(Oc4ccc(CC(=O)CC5CC5)cc4F)c3s2)CC1. The summed E-state index contributed by atoms with van der Waals surface area (Å²) in [6.45, 7) is 3.09. The van der Waals surface area contributed by atoms with Crippen LogP contribution < -0.4 is 4.74 Å². The molecule has 2 aromatic heterocycles. The van der Waals surface area contributed by atoms with Crippen LogP contribution in [0.4, 0.5) is 4.39 Å². The molecule has 3 aromatic rings. The Balaban J connectivity index is 1.32. The lowest BCUT2D eigenvalue weighted by Crippen LogP contribution is -2.46. The second-order valence-electron chi connectivity index (χ2n) is 8.96. The number of likely N-dealkylation sites (N-methyl/N-ethyl adjacent to an activating group) is 1. The van der Waals surface area contributed by atoms with E-state index in [-0.39, 0.29) is 23.9 Å². The van der Waals surface area contributed by atoms with Gasteiger partial charge in [0.1, 0.15) is 11.5 Å². The topological polar surface area (TPSA) is 62.7 Å². The number of carbonyl (C=O) groups excluding carboxylic acids is 2. The molecule has 1 aromatic carbocycles. The summed E-state index contributed by atoms with van der Waals surface area (Å²) in [5.74, 6) is 0.695. The number of aromatic nitrogens is 1. The van der Waals surface area contributed by atoms with E-state index in [1.54, 1.807) is 30.5 Å². The number of hydrogen-bond acceptors (Lipinski definition) is 6. The van der Waals surface area contributed by atoms with Crippen LogP contribution in [-0.2, 0) is 11.2 Å². The van der Waals surface area contributed by atoms with Crippen LogP contribution in [-0.4, -0.2) is 59.7 Å². The van der Waals surface area contributed by atoms with Crippen LogP contribution in [0.1, 0.15) is 34.5 Å². The normalized spacial score (nSPS) is 16.8. The average Bonchev–Trinajstić information content (AvgIpc) is 3.49. The molecule has 0 atom stereocenters. The van der Waals surface area contributed by atoms with Gasteiger partial charge < -0.3 is 14.5 Å². The molecule has 2 fully saturated rings. The van der Waals surface area contributed by atoms with Crippen LogP contribution in [0.3, 0.4) is 0 Å². The number of benzene rings is 1. The van der Waals surface area contributed by atoms with Gasteiger partial charge in [-0.1, -0.05) is 6.07 Å². The molecular weight excluding hydrogens is 441 g/mol. The van der Waals surface area contributed by atoms with Crippen molar-refractivity contribution in [1.82, 2.24) is 14.8 Å². The molecule has 1 saturated heterocycles. The first-order chi connectivity index (χ1) is 16.0. The van der Waals surface area contributed by atoms with E-state index in [1.165, 1.54) is 17.4 Å². The zero-order valence-corrected chi connectivity index (χ0v) is 19.4. The van der Waals surface area contributed by atoms with Crippen LogP contribution in [0.5, 0.6) is 11.5 Å². The van der Waals surface area contributed by atoms with Crippen molar-refractivity contribution in [2.75, 3.05) is 33.2 Å². The van der Waals surface area contributed by atoms with E-state index in [0.717, 1.165) is 25.9 Å². The molecule has 0 spiro atoms. The second-order valence-corrected chi connectivity index (χ2v) is 10.0. The summed E-state index contributed by atoms with van der Waals surface area (Å²) in [7, 11) is 2.05. The summed E-state index contributed by atoms with van der Waals surface area (Å²) in [4.78, 5) is 34.1. The van der Waals surface area contributed by atoms with Crippen molar-refractivity contribution in [3.05, 3.63) is 52.8 Å². The predicted molar refractivity (Wildman–Crippen MR) is 126 cm³/mol. The number of halogens is 1. The number of fused-ring (bicyclic) bond motifs is 1. The molecule has 2 aliphatic rings. The molecule has 172 valence electrons. The Labute approximate surface area is 196 Å². The van der Waals surface area contributed by atoms with Gasteiger partial charge in [0.05, 0.1) is 15.1 Å². The van der Waals surface area contributed by atoms with Crippen molar-refractivity contribution in [2.24, 2.45) is 5.92 Å². The molecular formula is C25H26FN3O3S. The number of ether oxygens (including phenoxy) is 1. The summed E-state index contributed by atoms with van der Waals surface area (Å²) in [5.41, 5.74) is 1.30. The lowest BCUT2D eigenvalue weighted by molar-refractivity contribution is -0.118. The Hall–Kier alpha value is -2.84. The number of Topliss-reactive ketones (excluding diaryl/α,β-unsaturated/α-hetero) is 1. The Morgan fingerprint density at radius 2 is 1.91 bits per heavy atom. The molecule has 1 aliphatic heterocycles. The Kier molecular flexibility index (Phi) is 6.12. The van der Waals surface area contributed by atoms with Gasteiger partial charge in [0.2, 0.25) is 0 Å². The minimum absolute atomic E-state index is 0.0107. The van der Waals surface area contributed by atoms with Gasteiger partial charge in [-0.25, -0.2) is 4.39 Å². The van der Waals surface area contributed by atoms with Gasteiger partial charge in [-0.05, 0) is 49.6 Å². The van der Waals surface area contributed by atoms with E-state index in [1.807, 2.05) is 11.9 Å². The predicted octanol–water partition coefficient (Wildman–Crippen LogP) is 4.53. The van der Waals surface area contributed by atoms with E-state index in [4.69, 9.17) is 4.74 Å². The zero-order valence-electron chi connectivity index (χ0n) is 18.6. The highest BCUT2D eigenvalue weighted by atomic mass is 32.1. The van der Waals surface area contributed by atoms with Crippen LogP contribution in [0.25, 0.3) is 10.2 Å². The highest BCUT2D eigenvalue weighted by Gasteiger charge is 2.25. The second kappa shape index (κ2) is 9.19. The van der Waals surface area contributed by atoms with Crippen LogP contribution in [0.15, 0.2) is 36.5 Å². The third kappa shape index (κ3) is 5.07. The number of nitrogens with zero attached hydrogens (tertiary/aromatic N) is 3. The maximum atomic E-state index is 14.8. The van der Waals surface area contributed by atoms with Crippen molar-refractivity contribution < 1.29 is 18.7 Å². The fourth-order valence-corrected chi connectivity index (χ4v) is 5.10. The quantitative estimate of drug-likeness (QED) is 0.511. The molecule has 5 rings (SSSR count). The number of piperazine rings is 1. The number of thiophene rings is 1. The lowest BCUT2D eigenvalue weighted by atomic mass is 10.0. The van der Waals surface area contributed by atoms with Gasteiger partial charge in [0.15, 0.2) is 11.6 Å². The minimum Gasteiger partial charge on any atom is -0.453 e. The summed E-state index contributed by atoms with van der Waals surface area (Å²) < 4.78 is 21.4. The van der Waals surface area contributed by atoms with Crippen molar-refractivity contribution in [3.8, 4) is 11.5 Å². The summed E-state index contributed by atoms with van der Waals surface area (Å²) in [6.07, 6.45) is 4.67. The Morgan fingerprint density at radius 3 is 2.64 bits per heavy atom. The number of carbonyl (C=O) groups is 2. The van der Waals surface area contributed by atoms with Crippen LogP contribution in [0, 0.1) is 11.7 Å². The van der Waals surface area contributed by atoms with Crippen LogP contribution >= 0.6 is 11.3 Å². The summed E-state index contributed by atoms with van der Waals surface area (Å²) >= 11 is 1.32. The van der Waals surface area contributed by atoms with Gasteiger partial charge in [0.25, 0.3) is 5.91 Å². The van der Waals surface area contributed by atoms with E-state index >= 15 is 0 Å². The fraction of sp³-hybridized carbons (Fsp3) is 0.400. The first-order valence-electron chi connectivity index (χ1n) is 11.3. The van der Waals surface area contributed by atoms with E-state index < -0.39 is 5.82 Å². The maximum absolute atomic E-state index is 14.8. The molecule has 8 heteroatoms. The van der Waals surface area contributed by atoms with E-state index in [0.29, 0.717) is 51.8 Å². The number of rotatable bonds is 7. The fourth-order valence-electron chi connectivity index (χ4n) is 4.07. The Morgan fingerprint density at radius 1 is 1.12 bits per heavy atom. The highest BCUT2D eigenvalue weighted by molar-refractivity contribution is 7.21. The molecule has 0 bridgehead atoms. The summed E-state index contributed by atoms with van der Waals surface area (Å²) in [6, 6.07) is 8.12. The van der Waals surface area contributed by atoms with Crippen molar-refractivity contribution in [1.29, 1.82) is 0 Å². The monoisotopic (exact) mass is 467 g/mol. The minimum atomic E-state index is -0.512. The molecule has 1 aliphatic carbocycles. The molecule has 3 heterocycles. The van der Waals surface area contributed by atoms with Gasteiger partial charge in [0, 0.05) is 51.3 Å². The van der Waals surface area contributed by atoms with Crippen molar-refractivity contribution in [3.63, 3.8) is 0 Å². The van der Waals surface area contributed by atoms with Gasteiger partial charge >= 0.3 is 0 Å². The highest BCUT2D eigenvalue weighted by Crippen LogP contribution is 2.37. The summed E-state index contributed by atoms with van der Waals surface area (Å²) in [5, 5.41) is 0. The average molecular weight is 468 g/mol. The third-order valence-electron chi connectivity index (χ3n) is 6.21. The third-order valence-corrected chi connectivity index (χ3v) is 7.33. The molecule has 33 heavy (non-hydrogen) atoms. The van der Waals surface area contributed by atoms with Crippen molar-refractivity contribution >= 4 is 33.2 Å². The smallest absolute Gasteiger partial charge is 0.264 e. The van der Waals surface area contributed by atoms with E-state index in [9.17, 15) is 14.0 Å². The van der Waals surface area contributed by atoms with Gasteiger partial charge in [-0.3, -0.25) is 14.6 Å². The molecule has 0 N–H and O–H groups in total. The molecule has 6 nitrogen and oxygen atoms in total. The van der Waals surface area contributed by atoms with E-state index in [2.05, 4.69) is 9.88 Å². The molecule has 0 radical (unpaired) electrons. The molecule has 1 saturated carbocycles.